The van der Waals surface area contributed by atoms with Crippen molar-refractivity contribution in [1.82, 2.24) is 10.9 Å². The van der Waals surface area contributed by atoms with Crippen molar-refractivity contribution in [2.24, 2.45) is 0 Å². The van der Waals surface area contributed by atoms with Crippen molar-refractivity contribution in [1.29, 1.82) is 0 Å². The molecule has 0 saturated heterocycles. The second-order valence-electron chi connectivity index (χ2n) is 2.92. The standard InChI is InChI=1S/C10H15N3O2/c1-11-12-7-8-3-5-9(6-4-8)13-10(14)15-2/h3-6,11-12H,7H2,1-2H3,(H,13,14). The molecule has 0 radical (unpaired) electrons. The number of hydrazine groups is 1. The molecule has 0 aliphatic carbocycles. The van der Waals surface area contributed by atoms with Gasteiger partial charge in [-0.25, -0.2) is 4.79 Å². The molecule has 3 N–H and O–H groups in total. The van der Waals surface area contributed by atoms with Crippen LogP contribution in [0.5, 0.6) is 0 Å². The van der Waals surface area contributed by atoms with Crippen LogP contribution in [0.15, 0.2) is 24.3 Å². The molecule has 5 nitrogen and oxygen atoms in total. The third-order valence-electron chi connectivity index (χ3n) is 1.86. The van der Waals surface area contributed by atoms with E-state index >= 15 is 0 Å². The first-order valence-corrected chi connectivity index (χ1v) is 4.59. The molecule has 0 aliphatic heterocycles. The van der Waals surface area contributed by atoms with E-state index in [1.165, 1.54) is 7.11 Å². The molecule has 82 valence electrons. The van der Waals surface area contributed by atoms with Crippen LogP contribution >= 0.6 is 0 Å². The Hall–Kier alpha value is -1.59. The molecule has 1 rings (SSSR count). The van der Waals surface area contributed by atoms with Crippen molar-refractivity contribution in [3.05, 3.63) is 29.8 Å². The summed E-state index contributed by atoms with van der Waals surface area (Å²) in [5.74, 6) is 0. The van der Waals surface area contributed by atoms with Gasteiger partial charge >= 0.3 is 6.09 Å². The topological polar surface area (TPSA) is 62.4 Å². The molecule has 0 saturated carbocycles. The van der Waals surface area contributed by atoms with Gasteiger partial charge in [0.05, 0.1) is 7.11 Å². The highest BCUT2D eigenvalue weighted by molar-refractivity contribution is 5.84. The minimum atomic E-state index is -0.462. The number of benzene rings is 1. The van der Waals surface area contributed by atoms with Crippen molar-refractivity contribution in [3.63, 3.8) is 0 Å². The van der Waals surface area contributed by atoms with Gasteiger partial charge in [0.15, 0.2) is 0 Å². The van der Waals surface area contributed by atoms with Crippen LogP contribution in [0.25, 0.3) is 0 Å². The van der Waals surface area contributed by atoms with Gasteiger partial charge in [0, 0.05) is 12.2 Å². The van der Waals surface area contributed by atoms with E-state index in [1.54, 1.807) is 0 Å². The fraction of sp³-hybridized carbons (Fsp3) is 0.300. The molecule has 0 spiro atoms. The van der Waals surface area contributed by atoms with Crippen LogP contribution < -0.4 is 16.2 Å². The lowest BCUT2D eigenvalue weighted by Gasteiger charge is -2.05. The van der Waals surface area contributed by atoms with Crippen LogP contribution in [0, 0.1) is 0 Å². The molecule has 0 unspecified atom stereocenters. The Balaban J connectivity index is 2.52. The van der Waals surface area contributed by atoms with Gasteiger partial charge in [0.25, 0.3) is 0 Å². The quantitative estimate of drug-likeness (QED) is 0.649. The van der Waals surface area contributed by atoms with Gasteiger partial charge in [-0.15, -0.1) is 0 Å². The van der Waals surface area contributed by atoms with Gasteiger partial charge in [-0.3, -0.25) is 16.2 Å². The first kappa shape index (κ1) is 11.5. The van der Waals surface area contributed by atoms with Crippen molar-refractivity contribution in [2.75, 3.05) is 19.5 Å². The summed E-state index contributed by atoms with van der Waals surface area (Å²) in [5, 5.41) is 2.58. The lowest BCUT2D eigenvalue weighted by molar-refractivity contribution is 0.187. The summed E-state index contributed by atoms with van der Waals surface area (Å²) >= 11 is 0. The fourth-order valence-corrected chi connectivity index (χ4v) is 1.07. The molecule has 0 bridgehead atoms. The van der Waals surface area contributed by atoms with Crippen molar-refractivity contribution in [3.8, 4) is 0 Å². The van der Waals surface area contributed by atoms with Gasteiger partial charge in [0.2, 0.25) is 0 Å². The number of ether oxygens (including phenoxy) is 1. The minimum absolute atomic E-state index is 0.462. The van der Waals surface area contributed by atoms with E-state index in [4.69, 9.17) is 0 Å². The van der Waals surface area contributed by atoms with Crippen LogP contribution in [-0.4, -0.2) is 20.3 Å². The molecule has 0 atom stereocenters. The largest absolute Gasteiger partial charge is 0.453 e. The molecule has 1 aromatic carbocycles. The van der Waals surface area contributed by atoms with E-state index < -0.39 is 6.09 Å². The summed E-state index contributed by atoms with van der Waals surface area (Å²) in [6, 6.07) is 7.50. The monoisotopic (exact) mass is 209 g/mol. The molecule has 15 heavy (non-hydrogen) atoms. The Labute approximate surface area is 88.8 Å². The van der Waals surface area contributed by atoms with Crippen LogP contribution in [0.1, 0.15) is 5.56 Å². The molecule has 1 aromatic rings. The number of amides is 1. The van der Waals surface area contributed by atoms with Crippen LogP contribution in [0.4, 0.5) is 10.5 Å². The molecule has 0 aromatic heterocycles. The molecule has 1 amide bonds. The average molecular weight is 209 g/mol. The number of carbonyl (C=O) groups is 1. The normalized spacial score (nSPS) is 9.73. The highest BCUT2D eigenvalue weighted by atomic mass is 16.5. The van der Waals surface area contributed by atoms with Crippen molar-refractivity contribution >= 4 is 11.8 Å². The summed E-state index contributed by atoms with van der Waals surface area (Å²) in [5.41, 5.74) is 7.65. The third-order valence-corrected chi connectivity index (χ3v) is 1.86. The fourth-order valence-electron chi connectivity index (χ4n) is 1.07. The van der Waals surface area contributed by atoms with E-state index in [2.05, 4.69) is 20.9 Å². The predicted molar refractivity (Wildman–Crippen MR) is 58.4 cm³/mol. The van der Waals surface area contributed by atoms with E-state index in [0.29, 0.717) is 0 Å². The summed E-state index contributed by atoms with van der Waals surface area (Å²) in [6.45, 7) is 0.731. The number of hydrogen-bond donors (Lipinski definition) is 3. The lowest BCUT2D eigenvalue weighted by Crippen LogP contribution is -2.26. The Morgan fingerprint density at radius 3 is 2.53 bits per heavy atom. The Morgan fingerprint density at radius 1 is 1.33 bits per heavy atom. The highest BCUT2D eigenvalue weighted by Crippen LogP contribution is 2.09. The van der Waals surface area contributed by atoms with E-state index in [1.807, 2.05) is 31.3 Å². The predicted octanol–water partition coefficient (Wildman–Crippen LogP) is 1.09. The minimum Gasteiger partial charge on any atom is -0.453 e. The maximum absolute atomic E-state index is 10.9. The Kier molecular flexibility index (Phi) is 4.59. The van der Waals surface area contributed by atoms with Crippen LogP contribution in [0.2, 0.25) is 0 Å². The maximum Gasteiger partial charge on any atom is 0.411 e. The van der Waals surface area contributed by atoms with E-state index in [-0.39, 0.29) is 0 Å². The molecule has 0 heterocycles. The summed E-state index contributed by atoms with van der Waals surface area (Å²) in [6.07, 6.45) is -0.462. The van der Waals surface area contributed by atoms with Gasteiger partial charge < -0.3 is 4.74 Å². The molecular weight excluding hydrogens is 194 g/mol. The molecule has 0 fully saturated rings. The number of anilines is 1. The van der Waals surface area contributed by atoms with Gasteiger partial charge in [-0.05, 0) is 24.7 Å². The first-order valence-electron chi connectivity index (χ1n) is 4.59. The van der Waals surface area contributed by atoms with E-state index in [0.717, 1.165) is 17.8 Å². The number of carbonyl (C=O) groups excluding carboxylic acids is 1. The number of rotatable bonds is 4. The Morgan fingerprint density at radius 2 is 2.00 bits per heavy atom. The number of nitrogens with one attached hydrogen (secondary N) is 3. The molecule has 5 heteroatoms. The molecular formula is C10H15N3O2. The van der Waals surface area contributed by atoms with Gasteiger partial charge in [0.1, 0.15) is 0 Å². The maximum atomic E-state index is 10.9. The van der Waals surface area contributed by atoms with Crippen molar-refractivity contribution < 1.29 is 9.53 Å². The second kappa shape index (κ2) is 6.00. The summed E-state index contributed by atoms with van der Waals surface area (Å²) in [7, 11) is 3.15. The van der Waals surface area contributed by atoms with Gasteiger partial charge in [-0.2, -0.15) is 0 Å². The van der Waals surface area contributed by atoms with Crippen molar-refractivity contribution in [2.45, 2.75) is 6.54 Å². The molecule has 0 aliphatic rings. The zero-order valence-corrected chi connectivity index (χ0v) is 8.83. The number of hydrogen-bond acceptors (Lipinski definition) is 4. The first-order chi connectivity index (χ1) is 7.26. The van der Waals surface area contributed by atoms with E-state index in [9.17, 15) is 4.79 Å². The lowest BCUT2D eigenvalue weighted by atomic mass is 10.2. The second-order valence-corrected chi connectivity index (χ2v) is 2.92. The zero-order chi connectivity index (χ0) is 11.1. The SMILES string of the molecule is CNNCc1ccc(NC(=O)OC)cc1. The average Bonchev–Trinajstić information content (AvgIpc) is 2.28. The highest BCUT2D eigenvalue weighted by Gasteiger charge is 1.99. The van der Waals surface area contributed by atoms with Crippen LogP contribution in [-0.2, 0) is 11.3 Å². The Bertz CT molecular complexity index is 311. The van der Waals surface area contributed by atoms with Crippen LogP contribution in [0.3, 0.4) is 0 Å². The smallest absolute Gasteiger partial charge is 0.411 e. The summed E-state index contributed by atoms with van der Waals surface area (Å²) < 4.78 is 4.48. The third kappa shape index (κ3) is 3.97. The number of methoxy groups -OCH3 is 1. The van der Waals surface area contributed by atoms with Gasteiger partial charge in [-0.1, -0.05) is 12.1 Å². The zero-order valence-electron chi connectivity index (χ0n) is 8.83. The summed E-state index contributed by atoms with van der Waals surface area (Å²) in [4.78, 5) is 10.9.